The summed E-state index contributed by atoms with van der Waals surface area (Å²) in [5.41, 5.74) is 3.36. The Labute approximate surface area is 214 Å². The molecule has 36 heavy (non-hydrogen) atoms. The number of rotatable bonds is 4. The predicted molar refractivity (Wildman–Crippen MR) is 143 cm³/mol. The summed E-state index contributed by atoms with van der Waals surface area (Å²) in [6.45, 7) is 2.88. The largest absolute Gasteiger partial charge is 0.456 e. The molecule has 0 radical (unpaired) electrons. The Morgan fingerprint density at radius 2 is 1.92 bits per heavy atom. The SMILES string of the molecule is CC(=O)N1CCC=C(C#Cc2ccc3ncnc(Nc4ccc(Oc5ccccc5)c(Cl)c4)c3c2)C1. The lowest BCUT2D eigenvalue weighted by atomic mass is 10.1. The van der Waals surface area contributed by atoms with E-state index in [1.807, 2.05) is 65.6 Å². The van der Waals surface area contributed by atoms with Crippen LogP contribution in [-0.4, -0.2) is 33.9 Å². The third-order valence-electron chi connectivity index (χ3n) is 5.76. The number of nitrogens with one attached hydrogen (secondary N) is 1. The highest BCUT2D eigenvalue weighted by molar-refractivity contribution is 6.32. The van der Waals surface area contributed by atoms with Crippen LogP contribution in [0.5, 0.6) is 11.5 Å². The third-order valence-corrected chi connectivity index (χ3v) is 6.06. The van der Waals surface area contributed by atoms with E-state index in [9.17, 15) is 4.79 Å². The fraction of sp³-hybridized carbons (Fsp3) is 0.138. The molecular formula is C29H23ClN4O2. The van der Waals surface area contributed by atoms with Gasteiger partial charge >= 0.3 is 0 Å². The van der Waals surface area contributed by atoms with E-state index >= 15 is 0 Å². The molecule has 5 rings (SSSR count). The van der Waals surface area contributed by atoms with Gasteiger partial charge in [-0.3, -0.25) is 4.79 Å². The summed E-state index contributed by atoms with van der Waals surface area (Å²) >= 11 is 6.49. The Bertz CT molecular complexity index is 1520. The van der Waals surface area contributed by atoms with Crippen molar-refractivity contribution in [3.05, 3.63) is 95.3 Å². The number of carbonyl (C=O) groups is 1. The highest BCUT2D eigenvalue weighted by Crippen LogP contribution is 2.33. The highest BCUT2D eigenvalue weighted by Gasteiger charge is 2.13. The lowest BCUT2D eigenvalue weighted by Crippen LogP contribution is -2.33. The topological polar surface area (TPSA) is 67.4 Å². The minimum absolute atomic E-state index is 0.0701. The van der Waals surface area contributed by atoms with Gasteiger partial charge in [-0.2, -0.15) is 0 Å². The zero-order valence-corrected chi connectivity index (χ0v) is 20.4. The molecule has 0 fully saturated rings. The van der Waals surface area contributed by atoms with E-state index in [2.05, 4.69) is 33.2 Å². The number of anilines is 2. The molecule has 0 aliphatic carbocycles. The van der Waals surface area contributed by atoms with Gasteiger partial charge in [0.05, 0.1) is 17.1 Å². The van der Waals surface area contributed by atoms with Gasteiger partial charge in [-0.05, 0) is 55.0 Å². The average Bonchev–Trinajstić information content (AvgIpc) is 2.90. The fourth-order valence-electron chi connectivity index (χ4n) is 3.90. The first-order chi connectivity index (χ1) is 17.5. The monoisotopic (exact) mass is 494 g/mol. The third kappa shape index (κ3) is 5.48. The van der Waals surface area contributed by atoms with Crippen LogP contribution < -0.4 is 10.1 Å². The summed E-state index contributed by atoms with van der Waals surface area (Å²) < 4.78 is 5.87. The van der Waals surface area contributed by atoms with E-state index in [1.54, 1.807) is 13.0 Å². The summed E-state index contributed by atoms with van der Waals surface area (Å²) in [6.07, 6.45) is 4.44. The van der Waals surface area contributed by atoms with Gasteiger partial charge in [0.2, 0.25) is 5.91 Å². The van der Waals surface area contributed by atoms with Crippen molar-refractivity contribution >= 4 is 39.9 Å². The summed E-state index contributed by atoms with van der Waals surface area (Å²) in [4.78, 5) is 22.3. The summed E-state index contributed by atoms with van der Waals surface area (Å²) in [7, 11) is 0. The number of nitrogens with zero attached hydrogens (tertiary/aromatic N) is 3. The molecule has 4 aromatic rings. The molecule has 6 nitrogen and oxygen atoms in total. The molecule has 1 N–H and O–H groups in total. The standard InChI is InChI=1S/C29H23ClN4O2/c1-20(35)34-15-5-6-22(18-34)10-9-21-11-13-27-25(16-21)29(32-19-31-27)33-23-12-14-28(26(30)17-23)36-24-7-3-2-4-8-24/h2-4,6-8,11-14,16-17,19H,5,15,18H2,1H3,(H,31,32,33). The number of hydrogen-bond acceptors (Lipinski definition) is 5. The van der Waals surface area contributed by atoms with Crippen LogP contribution in [0.15, 0.2) is 84.7 Å². The van der Waals surface area contributed by atoms with Crippen molar-refractivity contribution in [3.8, 4) is 23.3 Å². The quantitative estimate of drug-likeness (QED) is 0.335. The van der Waals surface area contributed by atoms with Gasteiger partial charge < -0.3 is 15.0 Å². The molecule has 7 heteroatoms. The molecule has 0 saturated heterocycles. The van der Waals surface area contributed by atoms with E-state index in [0.29, 0.717) is 28.9 Å². The number of fused-ring (bicyclic) bond motifs is 1. The van der Waals surface area contributed by atoms with Crippen molar-refractivity contribution in [2.24, 2.45) is 0 Å². The van der Waals surface area contributed by atoms with E-state index in [0.717, 1.165) is 40.7 Å². The molecule has 0 atom stereocenters. The normalized spacial score (nSPS) is 12.9. The van der Waals surface area contributed by atoms with Crippen LogP contribution in [0.3, 0.4) is 0 Å². The van der Waals surface area contributed by atoms with Crippen molar-refractivity contribution in [2.75, 3.05) is 18.4 Å². The number of ether oxygens (including phenoxy) is 1. The summed E-state index contributed by atoms with van der Waals surface area (Å²) in [5, 5.41) is 4.66. The first-order valence-electron chi connectivity index (χ1n) is 11.6. The molecule has 1 aliphatic rings. The Kier molecular flexibility index (Phi) is 6.83. The zero-order valence-electron chi connectivity index (χ0n) is 19.7. The van der Waals surface area contributed by atoms with Crippen molar-refractivity contribution in [1.29, 1.82) is 0 Å². The maximum atomic E-state index is 11.7. The van der Waals surface area contributed by atoms with Gasteiger partial charge in [-0.25, -0.2) is 9.97 Å². The molecule has 1 amide bonds. The molecular weight excluding hydrogens is 472 g/mol. The maximum absolute atomic E-state index is 11.7. The van der Waals surface area contributed by atoms with E-state index in [-0.39, 0.29) is 5.91 Å². The molecule has 0 bridgehead atoms. The zero-order chi connectivity index (χ0) is 24.9. The van der Waals surface area contributed by atoms with Gasteiger partial charge in [0.1, 0.15) is 23.6 Å². The molecule has 0 unspecified atom stereocenters. The first-order valence-corrected chi connectivity index (χ1v) is 11.9. The van der Waals surface area contributed by atoms with Gasteiger partial charge in [-0.15, -0.1) is 0 Å². The minimum Gasteiger partial charge on any atom is -0.456 e. The second-order valence-electron chi connectivity index (χ2n) is 8.35. The Balaban J connectivity index is 1.37. The lowest BCUT2D eigenvalue weighted by Gasteiger charge is -2.23. The predicted octanol–water partition coefficient (Wildman–Crippen LogP) is 6.35. The fourth-order valence-corrected chi connectivity index (χ4v) is 4.12. The molecule has 178 valence electrons. The second-order valence-corrected chi connectivity index (χ2v) is 8.76. The number of amides is 1. The molecule has 0 spiro atoms. The number of aromatic nitrogens is 2. The highest BCUT2D eigenvalue weighted by atomic mass is 35.5. The van der Waals surface area contributed by atoms with Gasteiger partial charge in [0, 0.05) is 35.7 Å². The maximum Gasteiger partial charge on any atom is 0.219 e. The van der Waals surface area contributed by atoms with Crippen molar-refractivity contribution < 1.29 is 9.53 Å². The molecule has 3 aromatic carbocycles. The van der Waals surface area contributed by atoms with E-state index in [1.165, 1.54) is 6.33 Å². The Morgan fingerprint density at radius 3 is 2.72 bits per heavy atom. The van der Waals surface area contributed by atoms with E-state index in [4.69, 9.17) is 16.3 Å². The van der Waals surface area contributed by atoms with Gasteiger partial charge in [0.25, 0.3) is 0 Å². The number of hydrogen-bond donors (Lipinski definition) is 1. The van der Waals surface area contributed by atoms with Gasteiger partial charge in [0.15, 0.2) is 0 Å². The van der Waals surface area contributed by atoms with E-state index < -0.39 is 0 Å². The molecule has 0 saturated carbocycles. The van der Waals surface area contributed by atoms with Crippen LogP contribution in [0.4, 0.5) is 11.5 Å². The lowest BCUT2D eigenvalue weighted by molar-refractivity contribution is -0.128. The van der Waals surface area contributed by atoms with Crippen LogP contribution in [0.25, 0.3) is 10.9 Å². The van der Waals surface area contributed by atoms with Crippen molar-refractivity contribution in [3.63, 3.8) is 0 Å². The van der Waals surface area contributed by atoms with Crippen LogP contribution in [0, 0.1) is 11.8 Å². The number of para-hydroxylation sites is 1. The summed E-state index contributed by atoms with van der Waals surface area (Å²) in [5.74, 6) is 8.44. The van der Waals surface area contributed by atoms with Crippen LogP contribution >= 0.6 is 11.6 Å². The number of benzene rings is 3. The van der Waals surface area contributed by atoms with Crippen LogP contribution in [-0.2, 0) is 4.79 Å². The van der Waals surface area contributed by atoms with Crippen molar-refractivity contribution in [1.82, 2.24) is 14.9 Å². The molecule has 1 aromatic heterocycles. The van der Waals surface area contributed by atoms with Crippen LogP contribution in [0.1, 0.15) is 18.9 Å². The second kappa shape index (κ2) is 10.5. The Hall–Kier alpha value is -4.34. The number of carbonyl (C=O) groups excluding carboxylic acids is 1. The first kappa shape index (κ1) is 23.4. The average molecular weight is 495 g/mol. The van der Waals surface area contributed by atoms with Gasteiger partial charge in [-0.1, -0.05) is 47.7 Å². The minimum atomic E-state index is 0.0701. The Morgan fingerprint density at radius 1 is 1.06 bits per heavy atom. The smallest absolute Gasteiger partial charge is 0.219 e. The summed E-state index contributed by atoms with van der Waals surface area (Å²) in [6, 6.07) is 20.8. The number of halogens is 1. The molecule has 2 heterocycles. The van der Waals surface area contributed by atoms with Crippen molar-refractivity contribution in [2.45, 2.75) is 13.3 Å². The van der Waals surface area contributed by atoms with Crippen LogP contribution in [0.2, 0.25) is 5.02 Å². The molecule has 1 aliphatic heterocycles.